The molecule has 1 N–H and O–H groups in total. The number of hydrogen-bond donors (Lipinski definition) is 1. The van der Waals surface area contributed by atoms with E-state index in [1.807, 2.05) is 20.8 Å². The summed E-state index contributed by atoms with van der Waals surface area (Å²) >= 11 is 0. The van der Waals surface area contributed by atoms with Crippen LogP contribution < -0.4 is 5.32 Å². The first kappa shape index (κ1) is 14.8. The van der Waals surface area contributed by atoms with E-state index in [4.69, 9.17) is 9.47 Å². The number of nitrogens with zero attached hydrogens (tertiary/aromatic N) is 2. The number of carbonyl (C=O) groups is 1. The summed E-state index contributed by atoms with van der Waals surface area (Å²) in [4.78, 5) is 15.8. The van der Waals surface area contributed by atoms with Gasteiger partial charge in [-0.05, 0) is 34.1 Å². The molecule has 0 saturated carbocycles. The van der Waals surface area contributed by atoms with Crippen LogP contribution in [0.25, 0.3) is 0 Å². The van der Waals surface area contributed by atoms with E-state index >= 15 is 0 Å². The van der Waals surface area contributed by atoms with Gasteiger partial charge in [0, 0.05) is 12.8 Å². The van der Waals surface area contributed by atoms with Crippen molar-refractivity contribution >= 4 is 6.09 Å². The summed E-state index contributed by atoms with van der Waals surface area (Å²) in [5.41, 5.74) is 0.469. The van der Waals surface area contributed by atoms with Gasteiger partial charge in [-0.1, -0.05) is 0 Å². The third-order valence-corrected chi connectivity index (χ3v) is 3.25. The molecule has 2 unspecified atom stereocenters. The molecule has 0 aliphatic carbocycles. The van der Waals surface area contributed by atoms with Gasteiger partial charge in [0.2, 0.25) is 0 Å². The lowest BCUT2D eigenvalue weighted by molar-refractivity contribution is 0.0522. The van der Waals surface area contributed by atoms with Crippen molar-refractivity contribution < 1.29 is 14.3 Å². The van der Waals surface area contributed by atoms with Gasteiger partial charge in [0.25, 0.3) is 0 Å². The van der Waals surface area contributed by atoms with Crippen LogP contribution in [-0.4, -0.2) is 34.0 Å². The molecule has 1 aromatic heterocycles. The average Bonchev–Trinajstić information content (AvgIpc) is 2.92. The number of rotatable bonds is 3. The Morgan fingerprint density at radius 1 is 1.60 bits per heavy atom. The number of amides is 1. The molecule has 0 radical (unpaired) electrons. The lowest BCUT2D eigenvalue weighted by Crippen LogP contribution is -2.33. The zero-order valence-corrected chi connectivity index (χ0v) is 12.5. The SMILES string of the molecule is CC1OCCC1n1cncc1CNC(=O)OC(C)(C)C. The Kier molecular flexibility index (Phi) is 4.32. The fraction of sp³-hybridized carbons (Fsp3) is 0.714. The fourth-order valence-electron chi connectivity index (χ4n) is 2.33. The maximum Gasteiger partial charge on any atom is 0.407 e. The third-order valence-electron chi connectivity index (χ3n) is 3.25. The van der Waals surface area contributed by atoms with Crippen molar-refractivity contribution in [2.45, 2.75) is 58.4 Å². The molecule has 2 rings (SSSR count). The molecule has 6 heteroatoms. The van der Waals surface area contributed by atoms with Gasteiger partial charge in [-0.25, -0.2) is 9.78 Å². The summed E-state index contributed by atoms with van der Waals surface area (Å²) < 4.78 is 12.9. The summed E-state index contributed by atoms with van der Waals surface area (Å²) in [7, 11) is 0. The minimum absolute atomic E-state index is 0.171. The molecular formula is C14H23N3O3. The molecule has 0 aromatic carbocycles. The molecule has 112 valence electrons. The van der Waals surface area contributed by atoms with E-state index < -0.39 is 11.7 Å². The second kappa shape index (κ2) is 5.83. The first-order valence-corrected chi connectivity index (χ1v) is 6.96. The van der Waals surface area contributed by atoms with Crippen LogP contribution in [0.1, 0.15) is 45.9 Å². The van der Waals surface area contributed by atoms with Crippen molar-refractivity contribution in [3.8, 4) is 0 Å². The zero-order valence-electron chi connectivity index (χ0n) is 12.5. The van der Waals surface area contributed by atoms with E-state index in [9.17, 15) is 4.79 Å². The Bertz CT molecular complexity index is 464. The zero-order chi connectivity index (χ0) is 14.8. The minimum atomic E-state index is -0.488. The quantitative estimate of drug-likeness (QED) is 0.923. The topological polar surface area (TPSA) is 65.4 Å². The van der Waals surface area contributed by atoms with Crippen molar-refractivity contribution in [3.05, 3.63) is 18.2 Å². The number of alkyl carbamates (subject to hydrolysis) is 1. The lowest BCUT2D eigenvalue weighted by Gasteiger charge is -2.21. The second-order valence-corrected chi connectivity index (χ2v) is 6.08. The number of aromatic nitrogens is 2. The van der Waals surface area contributed by atoms with Gasteiger partial charge < -0.3 is 19.4 Å². The smallest absolute Gasteiger partial charge is 0.407 e. The maximum atomic E-state index is 11.7. The first-order chi connectivity index (χ1) is 9.37. The number of ether oxygens (including phenoxy) is 2. The molecule has 0 spiro atoms. The lowest BCUT2D eigenvalue weighted by atomic mass is 10.1. The van der Waals surface area contributed by atoms with Crippen molar-refractivity contribution in [2.24, 2.45) is 0 Å². The van der Waals surface area contributed by atoms with Gasteiger partial charge >= 0.3 is 6.09 Å². The van der Waals surface area contributed by atoms with Gasteiger partial charge in [-0.2, -0.15) is 0 Å². The molecule has 1 fully saturated rings. The van der Waals surface area contributed by atoms with Gasteiger partial charge in [0.1, 0.15) is 5.60 Å². The van der Waals surface area contributed by atoms with Crippen LogP contribution in [0.5, 0.6) is 0 Å². The van der Waals surface area contributed by atoms with E-state index in [-0.39, 0.29) is 12.1 Å². The highest BCUT2D eigenvalue weighted by Crippen LogP contribution is 2.26. The Morgan fingerprint density at radius 2 is 2.35 bits per heavy atom. The van der Waals surface area contributed by atoms with Crippen molar-refractivity contribution in [3.63, 3.8) is 0 Å². The highest BCUT2D eigenvalue weighted by atomic mass is 16.6. The van der Waals surface area contributed by atoms with Crippen molar-refractivity contribution in [1.29, 1.82) is 0 Å². The summed E-state index contributed by atoms with van der Waals surface area (Å²) in [6.45, 7) is 8.75. The van der Waals surface area contributed by atoms with E-state index in [2.05, 4.69) is 21.8 Å². The van der Waals surface area contributed by atoms with Crippen LogP contribution >= 0.6 is 0 Å². The highest BCUT2D eigenvalue weighted by molar-refractivity contribution is 5.67. The first-order valence-electron chi connectivity index (χ1n) is 6.96. The van der Waals surface area contributed by atoms with Crippen LogP contribution in [0.3, 0.4) is 0 Å². The second-order valence-electron chi connectivity index (χ2n) is 6.08. The number of imidazole rings is 1. The van der Waals surface area contributed by atoms with Gasteiger partial charge in [-0.15, -0.1) is 0 Å². The van der Waals surface area contributed by atoms with Crippen LogP contribution in [0, 0.1) is 0 Å². The Hall–Kier alpha value is -1.56. The van der Waals surface area contributed by atoms with Crippen molar-refractivity contribution in [2.75, 3.05) is 6.61 Å². The summed E-state index contributed by atoms with van der Waals surface area (Å²) in [5, 5.41) is 2.76. The summed E-state index contributed by atoms with van der Waals surface area (Å²) in [6, 6.07) is 0.285. The van der Waals surface area contributed by atoms with Crippen LogP contribution in [0.4, 0.5) is 4.79 Å². The molecule has 1 aliphatic heterocycles. The Balaban J connectivity index is 1.94. The minimum Gasteiger partial charge on any atom is -0.444 e. The number of nitrogens with one attached hydrogen (secondary N) is 1. The molecule has 6 nitrogen and oxygen atoms in total. The van der Waals surface area contributed by atoms with Gasteiger partial charge in [0.15, 0.2) is 0 Å². The molecule has 0 bridgehead atoms. The van der Waals surface area contributed by atoms with Crippen LogP contribution in [0.2, 0.25) is 0 Å². The molecule has 1 aromatic rings. The maximum absolute atomic E-state index is 11.7. The third kappa shape index (κ3) is 3.72. The predicted octanol–water partition coefficient (Wildman–Crippen LogP) is 2.26. The van der Waals surface area contributed by atoms with Crippen LogP contribution in [0.15, 0.2) is 12.5 Å². The average molecular weight is 281 g/mol. The van der Waals surface area contributed by atoms with Gasteiger partial charge in [0.05, 0.1) is 30.7 Å². The molecule has 2 heterocycles. The highest BCUT2D eigenvalue weighted by Gasteiger charge is 2.27. The van der Waals surface area contributed by atoms with E-state index in [1.54, 1.807) is 12.5 Å². The van der Waals surface area contributed by atoms with E-state index in [0.29, 0.717) is 6.54 Å². The fourth-order valence-corrected chi connectivity index (χ4v) is 2.33. The summed E-state index contributed by atoms with van der Waals surface area (Å²) in [6.07, 6.45) is 4.28. The molecule has 1 saturated heterocycles. The van der Waals surface area contributed by atoms with Crippen molar-refractivity contribution in [1.82, 2.24) is 14.9 Å². The number of hydrogen-bond acceptors (Lipinski definition) is 4. The standard InChI is InChI=1S/C14H23N3O3/c1-10-12(5-6-19-10)17-9-15-7-11(17)8-16-13(18)20-14(2,3)4/h7,9-10,12H,5-6,8H2,1-4H3,(H,16,18). The molecule has 20 heavy (non-hydrogen) atoms. The molecule has 2 atom stereocenters. The Morgan fingerprint density at radius 3 is 2.95 bits per heavy atom. The van der Waals surface area contributed by atoms with E-state index in [0.717, 1.165) is 18.7 Å². The summed E-state index contributed by atoms with van der Waals surface area (Å²) in [5.74, 6) is 0. The monoisotopic (exact) mass is 281 g/mol. The molecular weight excluding hydrogens is 258 g/mol. The Labute approximate surface area is 119 Å². The normalized spacial score (nSPS) is 22.8. The molecule has 1 aliphatic rings. The predicted molar refractivity (Wildman–Crippen MR) is 74.4 cm³/mol. The molecule has 1 amide bonds. The van der Waals surface area contributed by atoms with Gasteiger partial charge in [-0.3, -0.25) is 0 Å². The van der Waals surface area contributed by atoms with E-state index in [1.165, 1.54) is 0 Å². The number of carbonyl (C=O) groups excluding carboxylic acids is 1. The largest absolute Gasteiger partial charge is 0.444 e. The van der Waals surface area contributed by atoms with Crippen LogP contribution in [-0.2, 0) is 16.0 Å².